The third-order valence-electron chi connectivity index (χ3n) is 1.45. The summed E-state index contributed by atoms with van der Waals surface area (Å²) in [5.74, 6) is -2.86. The molecule has 0 fully saturated rings. The fourth-order valence-corrected chi connectivity index (χ4v) is 0.891. The summed E-state index contributed by atoms with van der Waals surface area (Å²) in [4.78, 5) is 0. The lowest BCUT2D eigenvalue weighted by Crippen LogP contribution is -2.26. The van der Waals surface area contributed by atoms with E-state index in [4.69, 9.17) is 5.11 Å². The largest absolute Gasteiger partial charge is 0.412 e. The molecule has 5 heteroatoms. The van der Waals surface area contributed by atoms with Crippen LogP contribution in [0.5, 0.6) is 0 Å². The van der Waals surface area contributed by atoms with Crippen molar-refractivity contribution in [2.24, 2.45) is 0 Å². The van der Waals surface area contributed by atoms with Crippen LogP contribution in [0.2, 0.25) is 0 Å². The minimum absolute atomic E-state index is 0.683. The Morgan fingerprint density at radius 3 is 2.33 bits per heavy atom. The van der Waals surface area contributed by atoms with Gasteiger partial charge >= 0.3 is 6.18 Å². The molecular weight excluding hydrogens is 176 g/mol. The Kier molecular flexibility index (Phi) is 1.99. The van der Waals surface area contributed by atoms with Crippen molar-refractivity contribution < 1.29 is 22.7 Å². The summed E-state index contributed by atoms with van der Waals surface area (Å²) in [5.41, 5.74) is -1.06. The summed E-state index contributed by atoms with van der Waals surface area (Å²) in [7, 11) is 0. The second kappa shape index (κ2) is 2.58. The molecule has 0 aromatic rings. The Hall–Kier alpha value is -0.840. The van der Waals surface area contributed by atoms with Crippen LogP contribution in [0.1, 0.15) is 6.42 Å². The van der Waals surface area contributed by atoms with Crippen LogP contribution < -0.4 is 0 Å². The number of halogens is 4. The predicted octanol–water partition coefficient (Wildman–Crippen LogP) is 2.09. The van der Waals surface area contributed by atoms with Gasteiger partial charge in [0.25, 0.3) is 0 Å². The molecule has 1 atom stereocenters. The van der Waals surface area contributed by atoms with Crippen LogP contribution in [0, 0.1) is 0 Å². The third-order valence-corrected chi connectivity index (χ3v) is 1.45. The van der Waals surface area contributed by atoms with Gasteiger partial charge in [-0.3, -0.25) is 0 Å². The molecule has 1 nitrogen and oxygen atoms in total. The van der Waals surface area contributed by atoms with E-state index < -0.39 is 24.0 Å². The molecule has 1 unspecified atom stereocenters. The van der Waals surface area contributed by atoms with Crippen LogP contribution >= 0.6 is 0 Å². The van der Waals surface area contributed by atoms with Gasteiger partial charge in [-0.2, -0.15) is 13.2 Å². The number of hydrogen-bond donors (Lipinski definition) is 1. The van der Waals surface area contributed by atoms with Crippen LogP contribution in [0.4, 0.5) is 17.6 Å². The van der Waals surface area contributed by atoms with E-state index in [1.807, 2.05) is 0 Å². The van der Waals surface area contributed by atoms with Crippen molar-refractivity contribution in [1.82, 2.24) is 0 Å². The Morgan fingerprint density at radius 2 is 2.00 bits per heavy atom. The van der Waals surface area contributed by atoms with E-state index in [1.54, 1.807) is 0 Å². The molecule has 0 saturated heterocycles. The average Bonchev–Trinajstić information content (AvgIpc) is 1.83. The van der Waals surface area contributed by atoms with Gasteiger partial charge in [-0.05, 0) is 6.08 Å². The van der Waals surface area contributed by atoms with Crippen LogP contribution in [-0.2, 0) is 0 Å². The predicted molar refractivity (Wildman–Crippen MR) is 34.0 cm³/mol. The second-order valence-corrected chi connectivity index (χ2v) is 2.54. The van der Waals surface area contributed by atoms with E-state index in [1.165, 1.54) is 0 Å². The van der Waals surface area contributed by atoms with Crippen LogP contribution in [-0.4, -0.2) is 17.1 Å². The molecule has 0 spiro atoms. The maximum Gasteiger partial charge on any atom is 0.412 e. The van der Waals surface area contributed by atoms with Gasteiger partial charge in [0.1, 0.15) is 0 Å². The summed E-state index contributed by atoms with van der Waals surface area (Å²) in [6.45, 7) is 0. The van der Waals surface area contributed by atoms with E-state index in [2.05, 4.69) is 0 Å². The molecule has 68 valence electrons. The summed E-state index contributed by atoms with van der Waals surface area (Å²) < 4.78 is 48.3. The molecule has 1 aliphatic rings. The lowest BCUT2D eigenvalue weighted by atomic mass is 10.0. The molecule has 1 rings (SSSR count). The summed E-state index contributed by atoms with van der Waals surface area (Å²) in [6, 6.07) is 0. The van der Waals surface area contributed by atoms with E-state index in [9.17, 15) is 17.6 Å². The molecule has 0 heterocycles. The molecule has 0 aromatic heterocycles. The lowest BCUT2D eigenvalue weighted by molar-refractivity contribution is -0.113. The summed E-state index contributed by atoms with van der Waals surface area (Å²) >= 11 is 0. The Balaban J connectivity index is 2.84. The molecule has 0 bridgehead atoms. The molecule has 0 radical (unpaired) electrons. The zero-order chi connectivity index (χ0) is 9.41. The number of alkyl halides is 4. The highest BCUT2D eigenvalue weighted by molar-refractivity contribution is 5.25. The van der Waals surface area contributed by atoms with E-state index in [-0.39, 0.29) is 0 Å². The summed E-state index contributed by atoms with van der Waals surface area (Å²) in [5, 5.41) is 8.61. The van der Waals surface area contributed by atoms with Gasteiger partial charge < -0.3 is 5.11 Å². The Labute approximate surface area is 66.0 Å². The van der Waals surface area contributed by atoms with Crippen molar-refractivity contribution >= 4 is 0 Å². The highest BCUT2D eigenvalue weighted by atomic mass is 19.4. The number of rotatable bonds is 0. The van der Waals surface area contributed by atoms with Crippen LogP contribution in [0.15, 0.2) is 23.8 Å². The van der Waals surface area contributed by atoms with Crippen molar-refractivity contribution in [1.29, 1.82) is 0 Å². The third kappa shape index (κ3) is 2.07. The van der Waals surface area contributed by atoms with E-state index in [0.717, 1.165) is 12.2 Å². The van der Waals surface area contributed by atoms with Crippen molar-refractivity contribution in [2.45, 2.75) is 18.5 Å². The molecular formula is C7H6F4O. The maximum atomic E-state index is 12.6. The van der Waals surface area contributed by atoms with Crippen molar-refractivity contribution in [2.75, 3.05) is 0 Å². The highest BCUT2D eigenvalue weighted by Gasteiger charge is 2.40. The first kappa shape index (κ1) is 9.25. The topological polar surface area (TPSA) is 20.2 Å². The standard InChI is InChI=1S/C7H6F4O/c8-6(12)3-1-2-5(4-6)7(9,10)11/h1-3,12H,4H2. The van der Waals surface area contributed by atoms with Crippen molar-refractivity contribution in [3.05, 3.63) is 23.8 Å². The molecule has 0 saturated carbocycles. The number of aliphatic hydroxyl groups is 1. The van der Waals surface area contributed by atoms with E-state index >= 15 is 0 Å². The number of allylic oxidation sites excluding steroid dienone is 2. The number of hydrogen-bond acceptors (Lipinski definition) is 1. The first-order chi connectivity index (χ1) is 5.31. The quantitative estimate of drug-likeness (QED) is 0.568. The minimum Gasteiger partial charge on any atom is -0.358 e. The van der Waals surface area contributed by atoms with Gasteiger partial charge in [0, 0.05) is 12.0 Å². The smallest absolute Gasteiger partial charge is 0.358 e. The van der Waals surface area contributed by atoms with Crippen molar-refractivity contribution in [3.63, 3.8) is 0 Å². The van der Waals surface area contributed by atoms with Crippen LogP contribution in [0.25, 0.3) is 0 Å². The zero-order valence-electron chi connectivity index (χ0n) is 5.90. The highest BCUT2D eigenvalue weighted by Crippen LogP contribution is 2.35. The maximum absolute atomic E-state index is 12.6. The molecule has 12 heavy (non-hydrogen) atoms. The SMILES string of the molecule is OC1(F)C=CC=C(C(F)(F)F)C1. The lowest BCUT2D eigenvalue weighted by Gasteiger charge is -2.21. The Bertz CT molecular complexity index is 236. The van der Waals surface area contributed by atoms with E-state index in [0.29, 0.717) is 6.08 Å². The average molecular weight is 182 g/mol. The molecule has 0 aliphatic heterocycles. The van der Waals surface area contributed by atoms with Crippen molar-refractivity contribution in [3.8, 4) is 0 Å². The summed E-state index contributed by atoms with van der Waals surface area (Å²) in [6.07, 6.45) is -3.32. The fourth-order valence-electron chi connectivity index (χ4n) is 0.891. The molecule has 0 aromatic carbocycles. The van der Waals surface area contributed by atoms with Gasteiger partial charge in [-0.15, -0.1) is 0 Å². The first-order valence-electron chi connectivity index (χ1n) is 3.18. The van der Waals surface area contributed by atoms with Gasteiger partial charge in [-0.25, -0.2) is 4.39 Å². The first-order valence-corrected chi connectivity index (χ1v) is 3.18. The second-order valence-electron chi connectivity index (χ2n) is 2.54. The normalized spacial score (nSPS) is 30.2. The van der Waals surface area contributed by atoms with Crippen LogP contribution in [0.3, 0.4) is 0 Å². The fraction of sp³-hybridized carbons (Fsp3) is 0.429. The monoisotopic (exact) mass is 182 g/mol. The zero-order valence-corrected chi connectivity index (χ0v) is 5.90. The van der Waals surface area contributed by atoms with Gasteiger partial charge in [0.15, 0.2) is 0 Å². The molecule has 0 amide bonds. The minimum atomic E-state index is -4.56. The Morgan fingerprint density at radius 1 is 1.42 bits per heavy atom. The van der Waals surface area contributed by atoms with Gasteiger partial charge in [0.2, 0.25) is 5.85 Å². The molecule has 1 aliphatic carbocycles. The van der Waals surface area contributed by atoms with Gasteiger partial charge in [-0.1, -0.05) is 12.2 Å². The van der Waals surface area contributed by atoms with Gasteiger partial charge in [0.05, 0.1) is 0 Å². The molecule has 1 N–H and O–H groups in total.